The van der Waals surface area contributed by atoms with Crippen molar-refractivity contribution >= 4 is 63.8 Å². The SMILES string of the molecule is CCN(C)c1cc2nc([C@@H](NC(=O)c3cc(C4CC4N(C)c4cc5nc([C@@H](NC(=O)c6cc(Cc7cc8nc([C@@H](NC(=O)c9ccnn9CC)C9CCC(F)(F)CC9)cn8nc7CC7C[C@H](C(F)(F)F)CNC7=O)nn6CC)C6CCC(F)(F)CC6)cn5nc4CC4C[C@@H](C(F)(F)F)CNC4=O)nn3CC)C3CCC(F)(F)CC3)cn2nc1CC1C[C@@H](C(F)(F)F)CNC1=O. The van der Waals surface area contributed by atoms with Gasteiger partial charge in [0.05, 0.1) is 111 Å². The molecular formula is C86H102F15N23O6. The van der Waals surface area contributed by atoms with Crippen molar-refractivity contribution in [2.45, 2.75) is 242 Å². The van der Waals surface area contributed by atoms with Crippen LogP contribution in [0, 0.1) is 53.3 Å². The lowest BCUT2D eigenvalue weighted by Gasteiger charge is -2.33. The van der Waals surface area contributed by atoms with Crippen LogP contribution in [0.5, 0.6) is 0 Å². The van der Waals surface area contributed by atoms with Gasteiger partial charge < -0.3 is 41.7 Å². The summed E-state index contributed by atoms with van der Waals surface area (Å²) in [6.07, 6.45) is -13.6. The van der Waals surface area contributed by atoms with Crippen LogP contribution in [-0.4, -0.2) is 191 Å². The number of carbonyl (C=O) groups is 6. The third-order valence-corrected chi connectivity index (χ3v) is 27.5. The molecule has 7 fully saturated rings. The molecule has 9 aromatic rings. The van der Waals surface area contributed by atoms with Crippen LogP contribution < -0.4 is 41.7 Å². The van der Waals surface area contributed by atoms with Gasteiger partial charge in [0.2, 0.25) is 35.5 Å². The van der Waals surface area contributed by atoms with Crippen molar-refractivity contribution < 1.29 is 94.6 Å². The molecular weight excluding hydrogens is 1740 g/mol. The fourth-order valence-corrected chi connectivity index (χ4v) is 19.7. The molecule has 6 N–H and O–H groups in total. The van der Waals surface area contributed by atoms with Crippen molar-refractivity contribution in [3.05, 3.63) is 129 Å². The van der Waals surface area contributed by atoms with Gasteiger partial charge in [-0.05, 0) is 139 Å². The smallest absolute Gasteiger partial charge is 0.373 e. The van der Waals surface area contributed by atoms with Crippen LogP contribution in [0.2, 0.25) is 0 Å². The van der Waals surface area contributed by atoms with Gasteiger partial charge in [-0.25, -0.2) is 54.8 Å². The number of imidazole rings is 3. The molecule has 29 nitrogen and oxygen atoms in total. The van der Waals surface area contributed by atoms with Crippen molar-refractivity contribution in [3.63, 3.8) is 0 Å². The Morgan fingerprint density at radius 3 is 1.27 bits per heavy atom. The van der Waals surface area contributed by atoms with E-state index in [1.165, 1.54) is 64.5 Å². The Hall–Kier alpha value is -11.1. The minimum absolute atomic E-state index is 0.000662. The first-order valence-corrected chi connectivity index (χ1v) is 44.4. The van der Waals surface area contributed by atoms with E-state index < -0.39 is 233 Å². The number of amides is 6. The van der Waals surface area contributed by atoms with Crippen LogP contribution in [0.1, 0.15) is 237 Å². The second-order valence-corrected chi connectivity index (χ2v) is 36.1. The summed E-state index contributed by atoms with van der Waals surface area (Å²) in [6, 6.07) is 5.86. The minimum Gasteiger partial charge on any atom is -0.373 e. The number of likely N-dealkylation sites (N-methyl/N-ethyl adjacent to an activating group) is 1. The van der Waals surface area contributed by atoms with Crippen LogP contribution in [0.4, 0.5) is 77.2 Å². The topological polar surface area (TPSA) is 325 Å². The fraction of sp³-hybridized carbons (Fsp3) is 0.616. The van der Waals surface area contributed by atoms with Crippen LogP contribution in [0.3, 0.4) is 0 Å². The number of nitrogens with zero attached hydrogens (tertiary/aromatic N) is 17. The average Bonchev–Trinajstić information content (AvgIpc) is 1.59. The second-order valence-electron chi connectivity index (χ2n) is 36.1. The van der Waals surface area contributed by atoms with Crippen LogP contribution >= 0.6 is 0 Å². The first-order valence-electron chi connectivity index (χ1n) is 44.4. The Labute approximate surface area is 735 Å². The summed E-state index contributed by atoms with van der Waals surface area (Å²) in [5.41, 5.74) is 3.76. The zero-order valence-corrected chi connectivity index (χ0v) is 72.2. The number of aromatic nitrogens is 15. The first-order chi connectivity index (χ1) is 61.5. The monoisotopic (exact) mass is 1840 g/mol. The molecule has 0 bridgehead atoms. The van der Waals surface area contributed by atoms with Crippen molar-refractivity contribution in [2.24, 2.45) is 53.3 Å². The molecule has 12 heterocycles. The molecule has 16 rings (SSSR count). The lowest BCUT2D eigenvalue weighted by atomic mass is 9.81. The van der Waals surface area contributed by atoms with E-state index in [0.29, 0.717) is 47.8 Å². The van der Waals surface area contributed by atoms with Crippen molar-refractivity contribution in [3.8, 4) is 0 Å². The molecule has 3 aliphatic heterocycles. The number of piperidine rings is 3. The van der Waals surface area contributed by atoms with Gasteiger partial charge in [0.1, 0.15) is 17.1 Å². The van der Waals surface area contributed by atoms with Gasteiger partial charge in [-0.3, -0.25) is 42.8 Å². The number of fused-ring (bicyclic) bond motifs is 3. The summed E-state index contributed by atoms with van der Waals surface area (Å²) >= 11 is 0. The Balaban J connectivity index is 0.694. The van der Waals surface area contributed by atoms with Crippen molar-refractivity contribution in [2.75, 3.05) is 50.1 Å². The van der Waals surface area contributed by atoms with E-state index in [0.717, 1.165) is 0 Å². The number of alkyl halides is 15. The number of carbonyl (C=O) groups excluding carboxylic acids is 6. The lowest BCUT2D eigenvalue weighted by Crippen LogP contribution is -2.47. The van der Waals surface area contributed by atoms with E-state index in [9.17, 15) is 76.3 Å². The zero-order chi connectivity index (χ0) is 92.8. The molecule has 4 saturated carbocycles. The zero-order valence-electron chi connectivity index (χ0n) is 72.2. The Morgan fingerprint density at radius 1 is 0.477 bits per heavy atom. The van der Waals surface area contributed by atoms with Gasteiger partial charge in [-0.15, -0.1) is 0 Å². The normalized spacial score (nSPS) is 23.7. The maximum Gasteiger partial charge on any atom is 0.393 e. The van der Waals surface area contributed by atoms with Gasteiger partial charge in [-0.1, -0.05) is 0 Å². The van der Waals surface area contributed by atoms with Gasteiger partial charge >= 0.3 is 18.5 Å². The van der Waals surface area contributed by atoms with E-state index in [4.69, 9.17) is 40.4 Å². The Kier molecular flexibility index (Phi) is 25.4. The van der Waals surface area contributed by atoms with Crippen molar-refractivity contribution in [1.82, 2.24) is 105 Å². The molecule has 3 saturated heterocycles. The molecule has 5 unspecified atom stereocenters. The highest BCUT2D eigenvalue weighted by Gasteiger charge is 2.52. The molecule has 130 heavy (non-hydrogen) atoms. The van der Waals surface area contributed by atoms with Crippen LogP contribution in [-0.2, 0) is 59.7 Å². The number of halogens is 15. The van der Waals surface area contributed by atoms with Crippen molar-refractivity contribution in [1.29, 1.82) is 0 Å². The molecule has 6 amide bonds. The predicted octanol–water partition coefficient (Wildman–Crippen LogP) is 13.0. The first kappa shape index (κ1) is 92.1. The maximum absolute atomic E-state index is 15.3. The molecule has 0 aromatic carbocycles. The number of aryl methyl sites for hydroxylation is 3. The number of nitrogens with one attached hydrogen (secondary N) is 6. The van der Waals surface area contributed by atoms with Gasteiger partial charge in [0.25, 0.3) is 17.7 Å². The summed E-state index contributed by atoms with van der Waals surface area (Å²) in [5, 5.41) is 44.8. The van der Waals surface area contributed by atoms with E-state index in [1.807, 2.05) is 11.8 Å². The van der Waals surface area contributed by atoms with Gasteiger partial charge in [0, 0.05) is 172 Å². The largest absolute Gasteiger partial charge is 0.393 e. The summed E-state index contributed by atoms with van der Waals surface area (Å²) in [6.45, 7) is 6.19. The fourth-order valence-electron chi connectivity index (χ4n) is 19.7. The molecule has 44 heteroatoms. The molecule has 11 atom stereocenters. The molecule has 4 aliphatic carbocycles. The van der Waals surface area contributed by atoms with Gasteiger partial charge in [-0.2, -0.15) is 70.1 Å². The molecule has 9 aromatic heterocycles. The quantitative estimate of drug-likeness (QED) is 0.0248. The Morgan fingerprint density at radius 2 is 0.854 bits per heavy atom. The summed E-state index contributed by atoms with van der Waals surface area (Å²) in [5.74, 6) is -24.3. The van der Waals surface area contributed by atoms with Crippen LogP contribution in [0.25, 0.3) is 16.9 Å². The number of hydrogen-bond donors (Lipinski definition) is 6. The van der Waals surface area contributed by atoms with Gasteiger partial charge in [0.15, 0.2) is 16.9 Å². The Bertz CT molecular complexity index is 5700. The van der Waals surface area contributed by atoms with E-state index in [2.05, 4.69) is 37.0 Å². The average molecular weight is 1840 g/mol. The summed E-state index contributed by atoms with van der Waals surface area (Å²) in [4.78, 5) is 103. The molecule has 702 valence electrons. The van der Waals surface area contributed by atoms with Crippen LogP contribution in [0.15, 0.2) is 61.2 Å². The predicted molar refractivity (Wildman–Crippen MR) is 438 cm³/mol. The number of rotatable bonds is 28. The highest BCUT2D eigenvalue weighted by atomic mass is 19.4. The highest BCUT2D eigenvalue weighted by molar-refractivity contribution is 5.94. The standard InChI is InChI=1S/C86H102F15N23O6/c1-7-117(5)65-36-70-107-61(42-123(70)115-58(65)30-49-26-52(85(96,97)98)39-103-76(49)126)74(46-15-22-83(91,92)23-16-46)111-80(130)68-35-57(114-121(68)10-4)55-34-64(55)118(6)66-37-71-108-62(43-124(71)116-59(66)31-50-27-53(86(99,100)101)40-104-77(50)127)73(45-13-20-82(89,90)21-14-45)110-79(129)67-33-54(112-120(67)9-3)28-47-32-69-106-60(41-122(69)113-56(47)29-48-25-51(84(93,94)95)38-102-75(48)125)72(44-11-18-81(87,88)19-12-44)109-78(128)63-17-24-105-119(63)8-2/h17,24,32-33,35-37,41-46,48-53,55,64,72-74H,7-16,18-23,25-31,34,38-40H2,1-6H3,(H,102,125)(H,103,126)(H,104,127)(H,109,128)(H,110,129)(H,111,130)/t48?,49?,50?,51-,52+,53+,55?,64?,72-,73-,74-/m0/s1. The molecule has 7 aliphatic rings. The third-order valence-electron chi connectivity index (χ3n) is 27.5. The second kappa shape index (κ2) is 35.9. The number of hydrogen-bond acceptors (Lipinski definition) is 17. The summed E-state index contributed by atoms with van der Waals surface area (Å²) in [7, 11) is 3.45. The number of anilines is 2. The highest BCUT2D eigenvalue weighted by Crippen LogP contribution is 2.50. The molecule has 0 spiro atoms. The van der Waals surface area contributed by atoms with E-state index >= 15 is 18.4 Å². The molecule has 0 radical (unpaired) electrons. The lowest BCUT2D eigenvalue weighted by molar-refractivity contribution is -0.184. The summed E-state index contributed by atoms with van der Waals surface area (Å²) < 4.78 is 228. The van der Waals surface area contributed by atoms with E-state index in [-0.39, 0.29) is 145 Å². The van der Waals surface area contributed by atoms with E-state index in [1.54, 1.807) is 64.0 Å². The minimum atomic E-state index is -4.69. The maximum atomic E-state index is 15.3. The third kappa shape index (κ3) is 19.7.